The molecular weight excluding hydrogens is 800 g/mol. The van der Waals surface area contributed by atoms with Crippen LogP contribution in [0.3, 0.4) is 0 Å². The summed E-state index contributed by atoms with van der Waals surface area (Å²) in [5, 5.41) is 87.3. The summed E-state index contributed by atoms with van der Waals surface area (Å²) in [5.41, 5.74) is -0.0116. The number of phenols is 1. The quantitative estimate of drug-likeness (QED) is 0.0836. The summed E-state index contributed by atoms with van der Waals surface area (Å²) < 4.78 is 39.8. The van der Waals surface area contributed by atoms with E-state index in [1.165, 1.54) is 38.0 Å². The van der Waals surface area contributed by atoms with Crippen LogP contribution in [0.25, 0.3) is 6.08 Å². The lowest BCUT2D eigenvalue weighted by Crippen LogP contribution is -2.65. The maximum atomic E-state index is 12.7. The third-order valence-electron chi connectivity index (χ3n) is 15.2. The average Bonchev–Trinajstić information content (AvgIpc) is 3.53. The number of hydrogen-bond donors (Lipinski definition) is 8. The molecule has 0 bridgehead atoms. The van der Waals surface area contributed by atoms with Crippen LogP contribution in [0.15, 0.2) is 29.9 Å². The molecule has 5 fully saturated rings. The third-order valence-corrected chi connectivity index (χ3v) is 15.2. The summed E-state index contributed by atoms with van der Waals surface area (Å²) >= 11 is 0. The van der Waals surface area contributed by atoms with Gasteiger partial charge in [-0.05, 0) is 99.3 Å². The van der Waals surface area contributed by atoms with Gasteiger partial charge in [0.05, 0.1) is 32.5 Å². The highest BCUT2D eigenvalue weighted by Crippen LogP contribution is 2.68. The molecule has 2 aliphatic heterocycles. The van der Waals surface area contributed by atoms with Crippen LogP contribution in [0, 0.1) is 28.6 Å². The number of esters is 1. The van der Waals surface area contributed by atoms with Gasteiger partial charge in [-0.2, -0.15) is 0 Å². The molecule has 1 aromatic rings. The molecule has 61 heavy (non-hydrogen) atoms. The Hall–Kier alpha value is -3.20. The molecule has 340 valence electrons. The molecule has 17 atom stereocenters. The van der Waals surface area contributed by atoms with Crippen LogP contribution in [-0.2, 0) is 33.3 Å². The average molecular weight is 863 g/mol. The zero-order valence-electron chi connectivity index (χ0n) is 35.3. The molecule has 0 aromatic heterocycles. The number of carbonyl (C=O) groups is 2. The molecule has 2 heterocycles. The number of benzene rings is 1. The second-order valence-electron chi connectivity index (χ2n) is 18.2. The van der Waals surface area contributed by atoms with E-state index in [1.807, 2.05) is 0 Å². The summed E-state index contributed by atoms with van der Waals surface area (Å²) in [6.45, 7) is 4.72. The number of rotatable bonds is 12. The van der Waals surface area contributed by atoms with Gasteiger partial charge in [0.1, 0.15) is 61.2 Å². The minimum atomic E-state index is -1.87. The topological polar surface area (TPSA) is 261 Å². The third kappa shape index (κ3) is 8.14. The van der Waals surface area contributed by atoms with E-state index in [1.54, 1.807) is 6.92 Å². The molecule has 1 aromatic carbocycles. The molecular formula is C44H62O17. The summed E-state index contributed by atoms with van der Waals surface area (Å²) in [5.74, 6) is -0.667. The van der Waals surface area contributed by atoms with Crippen LogP contribution in [0.5, 0.6) is 17.2 Å². The van der Waals surface area contributed by atoms with E-state index in [2.05, 4.69) is 19.9 Å². The first-order chi connectivity index (χ1) is 28.9. The van der Waals surface area contributed by atoms with Crippen LogP contribution in [0.1, 0.15) is 77.7 Å². The fourth-order valence-corrected chi connectivity index (χ4v) is 11.6. The zero-order valence-corrected chi connectivity index (χ0v) is 35.3. The minimum absolute atomic E-state index is 0.0163. The van der Waals surface area contributed by atoms with Crippen LogP contribution in [0.4, 0.5) is 0 Å². The number of Topliss-reactive ketones (excluding diaryl/α,β-unsaturated/α-hetero) is 1. The summed E-state index contributed by atoms with van der Waals surface area (Å²) in [7, 11) is 2.71. The van der Waals surface area contributed by atoms with Gasteiger partial charge in [-0.1, -0.05) is 25.5 Å². The molecule has 8 N–H and O–H groups in total. The van der Waals surface area contributed by atoms with E-state index in [0.29, 0.717) is 37.7 Å². The van der Waals surface area contributed by atoms with Gasteiger partial charge in [0.15, 0.2) is 24.1 Å². The first-order valence-corrected chi connectivity index (χ1v) is 21.3. The van der Waals surface area contributed by atoms with Gasteiger partial charge in [-0.3, -0.25) is 4.79 Å². The van der Waals surface area contributed by atoms with Gasteiger partial charge in [-0.25, -0.2) is 4.79 Å². The Kier molecular flexibility index (Phi) is 13.3. The molecule has 6 aliphatic rings. The fraction of sp³-hybridized carbons (Fsp3) is 0.727. The summed E-state index contributed by atoms with van der Waals surface area (Å²) in [4.78, 5) is 25.3. The van der Waals surface area contributed by atoms with Crippen molar-refractivity contribution in [3.05, 3.63) is 35.4 Å². The van der Waals surface area contributed by atoms with Crippen molar-refractivity contribution in [2.24, 2.45) is 28.6 Å². The molecule has 7 rings (SSSR count). The van der Waals surface area contributed by atoms with Gasteiger partial charge in [0, 0.05) is 17.4 Å². The standard InChI is InChI=1S/C44H62O17/c1-21(46)25-12-15-44(54)27-8-7-23-18-24(10-13-42(23,2)26(27)11-14-43(25,44)3)58-41-39(37(52)34(49)30(19-45)59-41)61-40-38(53)36(51)35(50)31(60-40)20-57-32(47)9-6-22-16-28(55-4)33(48)29(17-22)56-5/h6-7,9,16-17,24-27,30-31,34-41,45,48-54H,8,10-15,18-20H2,1-5H3/b9-6+/t24-,25+,26-,27+,30+,31+,34+,35+,36-,37-,38+,39+,40-,41+,42-,43+,44-/m0/s1. The van der Waals surface area contributed by atoms with E-state index in [4.69, 9.17) is 33.2 Å². The maximum Gasteiger partial charge on any atom is 0.330 e. The predicted molar refractivity (Wildman–Crippen MR) is 213 cm³/mol. The minimum Gasteiger partial charge on any atom is -0.502 e. The number of aliphatic hydroxyl groups excluding tert-OH is 6. The monoisotopic (exact) mass is 862 g/mol. The first kappa shape index (κ1) is 45.8. The zero-order chi connectivity index (χ0) is 44.2. The SMILES string of the molecule is COc1cc(/C=C/C(=O)OC[C@H]2O[C@@H](O[C@H]3[C@H](O[C@H]4CC[C@@]5(C)C(=CC[C@@H]6[C@@H]5CC[C@]5(C)[C@@H](C(C)=O)CC[C@]65O)C4)O[C@H](CO)[C@@H](O)[C@@H]3O)[C@H](O)[C@@H](O)[C@@H]2O)cc(OC)c1O. The Morgan fingerprint density at radius 2 is 1.51 bits per heavy atom. The lowest BCUT2D eigenvalue weighted by Gasteiger charge is -2.61. The van der Waals surface area contributed by atoms with Crippen molar-refractivity contribution >= 4 is 17.8 Å². The normalized spacial score (nSPS) is 43.4. The van der Waals surface area contributed by atoms with Crippen LogP contribution in [0.2, 0.25) is 0 Å². The Balaban J connectivity index is 1.02. The summed E-state index contributed by atoms with van der Waals surface area (Å²) in [6, 6.07) is 2.92. The van der Waals surface area contributed by atoms with Crippen molar-refractivity contribution in [3.63, 3.8) is 0 Å². The second-order valence-corrected chi connectivity index (χ2v) is 18.2. The molecule has 0 unspecified atom stereocenters. The van der Waals surface area contributed by atoms with E-state index >= 15 is 0 Å². The van der Waals surface area contributed by atoms with Crippen molar-refractivity contribution in [2.45, 2.75) is 145 Å². The van der Waals surface area contributed by atoms with Crippen LogP contribution >= 0.6 is 0 Å². The summed E-state index contributed by atoms with van der Waals surface area (Å²) in [6.07, 6.45) is -6.52. The molecule has 3 saturated carbocycles. The highest BCUT2D eigenvalue weighted by molar-refractivity contribution is 5.87. The number of aromatic hydroxyl groups is 1. The van der Waals surface area contributed by atoms with Crippen LogP contribution in [-0.4, -0.2) is 153 Å². The number of aliphatic hydroxyl groups is 7. The largest absolute Gasteiger partial charge is 0.502 e. The molecule has 4 aliphatic carbocycles. The lowest BCUT2D eigenvalue weighted by atomic mass is 9.45. The number of methoxy groups -OCH3 is 2. The van der Waals surface area contributed by atoms with E-state index in [9.17, 15) is 50.4 Å². The van der Waals surface area contributed by atoms with Gasteiger partial charge in [0.2, 0.25) is 5.75 Å². The van der Waals surface area contributed by atoms with E-state index in [0.717, 1.165) is 25.3 Å². The molecule has 17 heteroatoms. The molecule has 17 nitrogen and oxygen atoms in total. The molecule has 0 radical (unpaired) electrons. The van der Waals surface area contributed by atoms with Gasteiger partial charge in [0.25, 0.3) is 0 Å². The number of fused-ring (bicyclic) bond motifs is 5. The van der Waals surface area contributed by atoms with Crippen molar-refractivity contribution in [1.29, 1.82) is 0 Å². The van der Waals surface area contributed by atoms with Gasteiger partial charge >= 0.3 is 5.97 Å². The predicted octanol–water partition coefficient (Wildman–Crippen LogP) is 1.27. The molecule has 2 saturated heterocycles. The highest BCUT2D eigenvalue weighted by atomic mass is 16.8. The maximum absolute atomic E-state index is 12.7. The number of phenolic OH excluding ortho intramolecular Hbond substituents is 1. The van der Waals surface area contributed by atoms with E-state index < -0.39 is 97.7 Å². The Labute approximate surface area is 354 Å². The fourth-order valence-electron chi connectivity index (χ4n) is 11.6. The second kappa shape index (κ2) is 17.8. The number of ketones is 1. The molecule has 0 amide bonds. The Morgan fingerprint density at radius 3 is 2.16 bits per heavy atom. The van der Waals surface area contributed by atoms with Crippen LogP contribution < -0.4 is 9.47 Å². The van der Waals surface area contributed by atoms with Gasteiger partial charge in [-0.15, -0.1) is 0 Å². The Bertz CT molecular complexity index is 1810. The number of allylic oxidation sites excluding steroid dienone is 1. The van der Waals surface area contributed by atoms with Crippen molar-refractivity contribution in [1.82, 2.24) is 0 Å². The highest BCUT2D eigenvalue weighted by Gasteiger charge is 2.67. The number of hydrogen-bond acceptors (Lipinski definition) is 17. The van der Waals surface area contributed by atoms with Crippen molar-refractivity contribution in [2.75, 3.05) is 27.4 Å². The molecule has 0 spiro atoms. The van der Waals surface area contributed by atoms with Crippen molar-refractivity contribution < 1.29 is 83.6 Å². The Morgan fingerprint density at radius 1 is 0.836 bits per heavy atom. The smallest absolute Gasteiger partial charge is 0.330 e. The lowest BCUT2D eigenvalue weighted by molar-refractivity contribution is -0.372. The number of ether oxygens (including phenoxy) is 7. The van der Waals surface area contributed by atoms with Gasteiger partial charge < -0.3 is 74.0 Å². The van der Waals surface area contributed by atoms with Crippen molar-refractivity contribution in [3.8, 4) is 17.2 Å². The first-order valence-electron chi connectivity index (χ1n) is 21.3. The van der Waals surface area contributed by atoms with E-state index in [-0.39, 0.29) is 46.2 Å². The number of carbonyl (C=O) groups excluding carboxylic acids is 2.